The third-order valence-electron chi connectivity index (χ3n) is 2.96. The third-order valence-corrected chi connectivity index (χ3v) is 2.96. The van der Waals surface area contributed by atoms with Crippen LogP contribution in [-0.2, 0) is 4.79 Å². The van der Waals surface area contributed by atoms with E-state index in [9.17, 15) is 4.79 Å². The van der Waals surface area contributed by atoms with Gasteiger partial charge in [-0.3, -0.25) is 0 Å². The molecule has 0 amide bonds. The van der Waals surface area contributed by atoms with Crippen LogP contribution in [0.3, 0.4) is 0 Å². The van der Waals surface area contributed by atoms with Crippen LogP contribution >= 0.6 is 0 Å². The Morgan fingerprint density at radius 1 is 1.53 bits per heavy atom. The van der Waals surface area contributed by atoms with Gasteiger partial charge >= 0.3 is 0 Å². The number of aldehydes is 1. The average molecular weight is 206 g/mol. The minimum Gasteiger partial charge on any atom is -0.303 e. The van der Waals surface area contributed by atoms with Crippen LogP contribution in [0, 0.1) is 11.8 Å². The van der Waals surface area contributed by atoms with Crippen molar-refractivity contribution in [3.05, 3.63) is 23.3 Å². The van der Waals surface area contributed by atoms with Gasteiger partial charge in [0.1, 0.15) is 6.29 Å². The van der Waals surface area contributed by atoms with Crippen LogP contribution in [0.1, 0.15) is 46.5 Å². The topological polar surface area (TPSA) is 17.1 Å². The van der Waals surface area contributed by atoms with Crippen LogP contribution in [0.4, 0.5) is 0 Å². The molecule has 0 heterocycles. The van der Waals surface area contributed by atoms with Gasteiger partial charge in [0.15, 0.2) is 0 Å². The first-order chi connectivity index (χ1) is 7.13. The molecule has 1 heteroatoms. The van der Waals surface area contributed by atoms with Crippen molar-refractivity contribution in [2.45, 2.75) is 46.5 Å². The van der Waals surface area contributed by atoms with Crippen LogP contribution in [0.15, 0.2) is 23.3 Å². The molecule has 0 fully saturated rings. The highest BCUT2D eigenvalue weighted by molar-refractivity contribution is 5.51. The molecule has 0 bridgehead atoms. The van der Waals surface area contributed by atoms with Crippen LogP contribution in [0.25, 0.3) is 0 Å². The molecule has 1 rings (SSSR count). The summed E-state index contributed by atoms with van der Waals surface area (Å²) in [5.74, 6) is 1.48. The van der Waals surface area contributed by atoms with Gasteiger partial charge in [-0.05, 0) is 43.6 Å². The van der Waals surface area contributed by atoms with Crippen molar-refractivity contribution in [3.63, 3.8) is 0 Å². The largest absolute Gasteiger partial charge is 0.303 e. The molecule has 1 atom stereocenters. The van der Waals surface area contributed by atoms with Crippen LogP contribution < -0.4 is 0 Å². The van der Waals surface area contributed by atoms with Gasteiger partial charge in [0, 0.05) is 6.42 Å². The van der Waals surface area contributed by atoms with Crippen molar-refractivity contribution in [1.29, 1.82) is 0 Å². The van der Waals surface area contributed by atoms with E-state index in [2.05, 4.69) is 32.9 Å². The molecule has 0 aromatic heterocycles. The van der Waals surface area contributed by atoms with Crippen LogP contribution in [0.5, 0.6) is 0 Å². The van der Waals surface area contributed by atoms with Gasteiger partial charge < -0.3 is 4.79 Å². The minimum absolute atomic E-state index is 0.659. The summed E-state index contributed by atoms with van der Waals surface area (Å²) in [4.78, 5) is 10.3. The number of hydrogen-bond donors (Lipinski definition) is 0. The summed E-state index contributed by atoms with van der Waals surface area (Å²) in [6.07, 6.45) is 9.73. The lowest BCUT2D eigenvalue weighted by atomic mass is 9.85. The van der Waals surface area contributed by atoms with E-state index >= 15 is 0 Å². The Balaban J connectivity index is 2.51. The second-order valence-corrected chi connectivity index (χ2v) is 4.91. The van der Waals surface area contributed by atoms with Crippen LogP contribution in [-0.4, -0.2) is 6.29 Å². The Labute approximate surface area is 93.3 Å². The fraction of sp³-hybridized carbons (Fsp3) is 0.643. The van der Waals surface area contributed by atoms with Gasteiger partial charge in [-0.2, -0.15) is 0 Å². The quantitative estimate of drug-likeness (QED) is 0.623. The van der Waals surface area contributed by atoms with E-state index in [4.69, 9.17) is 0 Å². The number of allylic oxidation sites excluding steroid dienone is 4. The highest BCUT2D eigenvalue weighted by atomic mass is 16.1. The van der Waals surface area contributed by atoms with E-state index in [-0.39, 0.29) is 0 Å². The number of carbonyl (C=O) groups excluding carboxylic acids is 1. The Morgan fingerprint density at radius 2 is 2.27 bits per heavy atom. The summed E-state index contributed by atoms with van der Waals surface area (Å²) in [6, 6.07) is 0. The SMILES string of the molecule is CC1=C[C@@H](CC(C)C)CC=C1CCC=O. The molecule has 1 aliphatic carbocycles. The number of rotatable bonds is 5. The molecule has 84 valence electrons. The smallest absolute Gasteiger partial charge is 0.120 e. The van der Waals surface area contributed by atoms with Gasteiger partial charge in [0.2, 0.25) is 0 Å². The highest BCUT2D eigenvalue weighted by Gasteiger charge is 2.13. The second kappa shape index (κ2) is 5.89. The van der Waals surface area contributed by atoms with E-state index in [0.717, 1.165) is 25.0 Å². The molecule has 0 unspecified atom stereocenters. The summed E-state index contributed by atoms with van der Waals surface area (Å²) in [5.41, 5.74) is 2.76. The minimum atomic E-state index is 0.659. The zero-order chi connectivity index (χ0) is 11.3. The summed E-state index contributed by atoms with van der Waals surface area (Å²) in [6.45, 7) is 6.71. The van der Waals surface area contributed by atoms with Crippen molar-refractivity contribution in [2.75, 3.05) is 0 Å². The zero-order valence-corrected chi connectivity index (χ0v) is 10.1. The van der Waals surface area contributed by atoms with Gasteiger partial charge in [0.25, 0.3) is 0 Å². The van der Waals surface area contributed by atoms with E-state index in [1.165, 1.54) is 17.6 Å². The van der Waals surface area contributed by atoms with Crippen molar-refractivity contribution < 1.29 is 4.79 Å². The molecule has 0 aromatic carbocycles. The molecule has 0 radical (unpaired) electrons. The van der Waals surface area contributed by atoms with Gasteiger partial charge in [-0.1, -0.05) is 31.6 Å². The van der Waals surface area contributed by atoms with E-state index in [0.29, 0.717) is 12.3 Å². The fourth-order valence-corrected chi connectivity index (χ4v) is 2.27. The standard InChI is InChI=1S/C14H22O/c1-11(2)9-13-6-7-14(5-4-8-15)12(3)10-13/h7-8,10-11,13H,4-6,9H2,1-3H3/t13-/m1/s1. The molecule has 0 aliphatic heterocycles. The predicted octanol–water partition coefficient (Wildman–Crippen LogP) is 3.90. The van der Waals surface area contributed by atoms with Crippen molar-refractivity contribution in [2.24, 2.45) is 11.8 Å². The summed E-state index contributed by atoms with van der Waals surface area (Å²) >= 11 is 0. The third kappa shape index (κ3) is 4.03. The molecule has 0 spiro atoms. The number of carbonyl (C=O) groups is 1. The molecule has 0 N–H and O–H groups in total. The Morgan fingerprint density at radius 3 is 2.80 bits per heavy atom. The molecular formula is C14H22O. The first kappa shape index (κ1) is 12.2. The fourth-order valence-electron chi connectivity index (χ4n) is 2.27. The van der Waals surface area contributed by atoms with Gasteiger partial charge in [-0.25, -0.2) is 0 Å². The average Bonchev–Trinajstić information content (AvgIpc) is 2.15. The number of hydrogen-bond acceptors (Lipinski definition) is 1. The monoisotopic (exact) mass is 206 g/mol. The summed E-state index contributed by atoms with van der Waals surface area (Å²) < 4.78 is 0. The Kier molecular flexibility index (Phi) is 4.80. The molecule has 0 aromatic rings. The normalized spacial score (nSPS) is 21.2. The lowest BCUT2D eigenvalue weighted by Gasteiger charge is -2.21. The van der Waals surface area contributed by atoms with E-state index < -0.39 is 0 Å². The van der Waals surface area contributed by atoms with Crippen molar-refractivity contribution >= 4 is 6.29 Å². The van der Waals surface area contributed by atoms with Gasteiger partial charge in [-0.15, -0.1) is 0 Å². The molecule has 15 heavy (non-hydrogen) atoms. The molecule has 1 aliphatic rings. The first-order valence-corrected chi connectivity index (χ1v) is 5.95. The Bertz CT molecular complexity index is 271. The summed E-state index contributed by atoms with van der Waals surface area (Å²) in [5, 5.41) is 0. The molecule has 1 nitrogen and oxygen atoms in total. The zero-order valence-electron chi connectivity index (χ0n) is 10.1. The maximum absolute atomic E-state index is 10.3. The molecular weight excluding hydrogens is 184 g/mol. The van der Waals surface area contributed by atoms with E-state index in [1.807, 2.05) is 0 Å². The predicted molar refractivity (Wildman–Crippen MR) is 64.7 cm³/mol. The lowest BCUT2D eigenvalue weighted by molar-refractivity contribution is -0.107. The van der Waals surface area contributed by atoms with E-state index in [1.54, 1.807) is 0 Å². The first-order valence-electron chi connectivity index (χ1n) is 5.95. The second-order valence-electron chi connectivity index (χ2n) is 4.91. The molecule has 0 saturated carbocycles. The maximum Gasteiger partial charge on any atom is 0.120 e. The van der Waals surface area contributed by atoms with Crippen molar-refractivity contribution in [1.82, 2.24) is 0 Å². The molecule has 0 saturated heterocycles. The van der Waals surface area contributed by atoms with Gasteiger partial charge in [0.05, 0.1) is 0 Å². The van der Waals surface area contributed by atoms with Crippen LogP contribution in [0.2, 0.25) is 0 Å². The Hall–Kier alpha value is -0.850. The maximum atomic E-state index is 10.3. The highest BCUT2D eigenvalue weighted by Crippen LogP contribution is 2.29. The lowest BCUT2D eigenvalue weighted by Crippen LogP contribution is -2.06. The summed E-state index contributed by atoms with van der Waals surface area (Å²) in [7, 11) is 0. The van der Waals surface area contributed by atoms with Crippen molar-refractivity contribution in [3.8, 4) is 0 Å².